The van der Waals surface area contributed by atoms with Gasteiger partial charge in [-0.15, -0.1) is 17.9 Å². The molecule has 0 spiro atoms. The van der Waals surface area contributed by atoms with E-state index in [1.165, 1.54) is 18.4 Å². The predicted molar refractivity (Wildman–Crippen MR) is 101 cm³/mol. The summed E-state index contributed by atoms with van der Waals surface area (Å²) in [6, 6.07) is 7.33. The van der Waals surface area contributed by atoms with E-state index < -0.39 is 5.97 Å². The molecule has 4 nitrogen and oxygen atoms in total. The summed E-state index contributed by atoms with van der Waals surface area (Å²) in [7, 11) is 1.34. The maximum Gasteiger partial charge on any atom is 0.341 e. The van der Waals surface area contributed by atoms with Crippen LogP contribution in [0, 0.1) is 0 Å². The van der Waals surface area contributed by atoms with Crippen molar-refractivity contribution in [1.82, 2.24) is 5.32 Å². The minimum atomic E-state index is -0.449. The van der Waals surface area contributed by atoms with Crippen molar-refractivity contribution >= 4 is 51.2 Å². The summed E-state index contributed by atoms with van der Waals surface area (Å²) < 4.78 is 4.90. The van der Waals surface area contributed by atoms with Crippen LogP contribution >= 0.6 is 35.2 Å². The van der Waals surface area contributed by atoms with Crippen molar-refractivity contribution in [2.45, 2.75) is 0 Å². The van der Waals surface area contributed by atoms with Gasteiger partial charge in [-0.05, 0) is 18.3 Å². The van der Waals surface area contributed by atoms with E-state index in [4.69, 9.17) is 28.6 Å². The number of rotatable bonds is 5. The molecule has 0 atom stereocenters. The van der Waals surface area contributed by atoms with Crippen LogP contribution in [0.5, 0.6) is 0 Å². The number of thiophene rings is 1. The van der Waals surface area contributed by atoms with E-state index in [-0.39, 0.29) is 0 Å². The lowest BCUT2D eigenvalue weighted by atomic mass is 10.0. The van der Waals surface area contributed by atoms with E-state index in [9.17, 15) is 4.79 Å². The lowest BCUT2D eigenvalue weighted by Crippen LogP contribution is -2.28. The number of hydrogen-bond donors (Lipinski definition) is 2. The number of methoxy groups -OCH3 is 1. The highest BCUT2D eigenvalue weighted by molar-refractivity contribution is 7.80. The lowest BCUT2D eigenvalue weighted by molar-refractivity contribution is 0.0603. The first-order valence-corrected chi connectivity index (χ1v) is 8.35. The molecule has 1 heterocycles. The maximum absolute atomic E-state index is 12.2. The summed E-state index contributed by atoms with van der Waals surface area (Å²) >= 11 is 12.8. The number of hydrogen-bond acceptors (Lipinski definition) is 4. The number of carbonyl (C=O) groups excluding carboxylic acids is 1. The topological polar surface area (TPSA) is 50.4 Å². The Morgan fingerprint density at radius 2 is 2.17 bits per heavy atom. The Bertz CT molecular complexity index is 743. The average molecular weight is 367 g/mol. The van der Waals surface area contributed by atoms with Gasteiger partial charge >= 0.3 is 5.97 Å². The highest BCUT2D eigenvalue weighted by Gasteiger charge is 2.22. The van der Waals surface area contributed by atoms with Crippen LogP contribution in [-0.2, 0) is 4.74 Å². The summed E-state index contributed by atoms with van der Waals surface area (Å²) in [5.74, 6) is -0.449. The number of esters is 1. The van der Waals surface area contributed by atoms with E-state index in [1.807, 2.05) is 23.6 Å². The number of benzene rings is 1. The van der Waals surface area contributed by atoms with Crippen LogP contribution in [0.1, 0.15) is 10.4 Å². The first kappa shape index (κ1) is 17.5. The van der Waals surface area contributed by atoms with Crippen molar-refractivity contribution in [3.05, 3.63) is 52.9 Å². The predicted octanol–water partition coefficient (Wildman–Crippen LogP) is 4.33. The van der Waals surface area contributed by atoms with Gasteiger partial charge in [-0.1, -0.05) is 35.9 Å². The fourth-order valence-electron chi connectivity index (χ4n) is 1.94. The Labute approximate surface area is 149 Å². The summed E-state index contributed by atoms with van der Waals surface area (Å²) in [6.07, 6.45) is 1.69. The third-order valence-electron chi connectivity index (χ3n) is 2.98. The van der Waals surface area contributed by atoms with Gasteiger partial charge < -0.3 is 15.4 Å². The summed E-state index contributed by atoms with van der Waals surface area (Å²) in [5.41, 5.74) is 1.89. The first-order chi connectivity index (χ1) is 11.1. The molecular formula is C16H15ClN2O2S2. The monoisotopic (exact) mass is 366 g/mol. The Hall–Kier alpha value is -1.89. The van der Waals surface area contributed by atoms with Crippen molar-refractivity contribution in [2.24, 2.45) is 0 Å². The molecule has 0 saturated heterocycles. The highest BCUT2D eigenvalue weighted by atomic mass is 35.5. The molecule has 0 aliphatic carbocycles. The molecule has 0 amide bonds. The van der Waals surface area contributed by atoms with Gasteiger partial charge in [0.05, 0.1) is 7.11 Å². The van der Waals surface area contributed by atoms with Gasteiger partial charge in [-0.3, -0.25) is 0 Å². The van der Waals surface area contributed by atoms with Gasteiger partial charge in [0, 0.05) is 28.1 Å². The molecule has 2 rings (SSSR count). The van der Waals surface area contributed by atoms with Crippen molar-refractivity contribution in [3.63, 3.8) is 0 Å². The summed E-state index contributed by atoms with van der Waals surface area (Å²) in [6.45, 7) is 4.15. The lowest BCUT2D eigenvalue weighted by Gasteiger charge is -2.10. The molecule has 7 heteroatoms. The number of ether oxygens (including phenoxy) is 1. The number of nitrogens with one attached hydrogen (secondary N) is 2. The second kappa shape index (κ2) is 8.10. The molecule has 120 valence electrons. The zero-order valence-corrected chi connectivity index (χ0v) is 14.8. The number of thiocarbonyl (C=S) groups is 1. The molecule has 0 aliphatic heterocycles. The fourth-order valence-corrected chi connectivity index (χ4v) is 3.38. The normalized spacial score (nSPS) is 10.0. The summed E-state index contributed by atoms with van der Waals surface area (Å²) in [5, 5.41) is 9.40. The van der Waals surface area contributed by atoms with Crippen molar-refractivity contribution in [2.75, 3.05) is 19.0 Å². The first-order valence-electron chi connectivity index (χ1n) is 6.69. The maximum atomic E-state index is 12.2. The second-order valence-corrected chi connectivity index (χ2v) is 6.14. The molecule has 0 unspecified atom stereocenters. The third kappa shape index (κ3) is 4.10. The van der Waals surface area contributed by atoms with Crippen LogP contribution in [0.15, 0.2) is 42.3 Å². The molecule has 0 fully saturated rings. The van der Waals surface area contributed by atoms with E-state index in [2.05, 4.69) is 17.2 Å². The van der Waals surface area contributed by atoms with E-state index in [0.717, 1.165) is 5.56 Å². The largest absolute Gasteiger partial charge is 0.465 e. The number of halogens is 1. The Morgan fingerprint density at radius 1 is 1.43 bits per heavy atom. The Morgan fingerprint density at radius 3 is 2.83 bits per heavy atom. The third-order valence-corrected chi connectivity index (χ3v) is 4.45. The smallest absolute Gasteiger partial charge is 0.341 e. The van der Waals surface area contributed by atoms with Crippen molar-refractivity contribution in [3.8, 4) is 11.1 Å². The van der Waals surface area contributed by atoms with Crippen molar-refractivity contribution < 1.29 is 9.53 Å². The minimum absolute atomic E-state index is 0.405. The van der Waals surface area contributed by atoms with Gasteiger partial charge in [-0.25, -0.2) is 4.79 Å². The Balaban J connectivity index is 2.42. The van der Waals surface area contributed by atoms with E-state index in [0.29, 0.717) is 32.8 Å². The molecule has 2 aromatic rings. The molecule has 0 saturated carbocycles. The number of carbonyl (C=O) groups is 1. The standard InChI is InChI=1S/C16H15ClN2O2S2/c1-3-8-18-16(22)19-14-13(15(20)21-2)11(9-23-14)10-6-4-5-7-12(10)17/h3-7,9H,1,8H2,2H3,(H2,18,19,22). The molecule has 0 bridgehead atoms. The highest BCUT2D eigenvalue weighted by Crippen LogP contribution is 2.38. The van der Waals surface area contributed by atoms with Crippen LogP contribution < -0.4 is 10.6 Å². The van der Waals surface area contributed by atoms with E-state index in [1.54, 1.807) is 12.1 Å². The average Bonchev–Trinajstić information content (AvgIpc) is 2.96. The zero-order chi connectivity index (χ0) is 16.8. The van der Waals surface area contributed by atoms with Crippen molar-refractivity contribution in [1.29, 1.82) is 0 Å². The fraction of sp³-hybridized carbons (Fsp3) is 0.125. The van der Waals surface area contributed by atoms with E-state index >= 15 is 0 Å². The molecule has 2 N–H and O–H groups in total. The summed E-state index contributed by atoms with van der Waals surface area (Å²) in [4.78, 5) is 12.2. The minimum Gasteiger partial charge on any atom is -0.465 e. The van der Waals surface area contributed by atoms with Crippen LogP contribution in [0.2, 0.25) is 5.02 Å². The van der Waals surface area contributed by atoms with Crippen LogP contribution in [0.3, 0.4) is 0 Å². The molecule has 1 aromatic heterocycles. The van der Waals surface area contributed by atoms with Gasteiger partial charge in [-0.2, -0.15) is 0 Å². The van der Waals surface area contributed by atoms with Gasteiger partial charge in [0.25, 0.3) is 0 Å². The molecule has 0 radical (unpaired) electrons. The molecular weight excluding hydrogens is 352 g/mol. The van der Waals surface area contributed by atoms with Gasteiger partial charge in [0.1, 0.15) is 10.6 Å². The second-order valence-electron chi connectivity index (χ2n) is 4.45. The Kier molecular flexibility index (Phi) is 6.15. The molecule has 23 heavy (non-hydrogen) atoms. The van der Waals surface area contributed by atoms with Crippen LogP contribution in [0.25, 0.3) is 11.1 Å². The molecule has 1 aromatic carbocycles. The molecule has 0 aliphatic rings. The van der Waals surface area contributed by atoms with Crippen LogP contribution in [0.4, 0.5) is 5.00 Å². The van der Waals surface area contributed by atoms with Gasteiger partial charge in [0.15, 0.2) is 5.11 Å². The van der Waals surface area contributed by atoms with Crippen LogP contribution in [-0.4, -0.2) is 24.7 Å². The zero-order valence-electron chi connectivity index (χ0n) is 12.4. The van der Waals surface area contributed by atoms with Gasteiger partial charge in [0.2, 0.25) is 0 Å². The number of anilines is 1. The quantitative estimate of drug-likeness (QED) is 0.468. The SMILES string of the molecule is C=CCNC(=S)Nc1scc(-c2ccccc2Cl)c1C(=O)OC.